The van der Waals surface area contributed by atoms with Crippen molar-refractivity contribution in [1.82, 2.24) is 14.8 Å². The minimum Gasteiger partial charge on any atom is -0.464 e. The standard InChI is InChI=1S/C17H15N3O3/c1-23-17(22)15-13-7-2-3-8-14(13)16(21)20(19-15)11-9-12-6-4-5-10-18-12/h2-8,10H,9,11H2,1H3. The zero-order valence-electron chi connectivity index (χ0n) is 12.6. The number of nitrogens with zero attached hydrogens (tertiary/aromatic N) is 3. The Morgan fingerprint density at radius 1 is 1.13 bits per heavy atom. The van der Waals surface area contributed by atoms with Crippen LogP contribution in [0.3, 0.4) is 0 Å². The summed E-state index contributed by atoms with van der Waals surface area (Å²) in [6.45, 7) is 0.338. The zero-order valence-corrected chi connectivity index (χ0v) is 12.6. The Morgan fingerprint density at radius 2 is 1.87 bits per heavy atom. The van der Waals surface area contributed by atoms with Gasteiger partial charge in [-0.25, -0.2) is 9.48 Å². The van der Waals surface area contributed by atoms with Gasteiger partial charge in [0.1, 0.15) is 0 Å². The fourth-order valence-corrected chi connectivity index (χ4v) is 2.40. The average Bonchev–Trinajstić information content (AvgIpc) is 2.61. The van der Waals surface area contributed by atoms with Crippen molar-refractivity contribution in [3.8, 4) is 0 Å². The summed E-state index contributed by atoms with van der Waals surface area (Å²) < 4.78 is 6.07. The van der Waals surface area contributed by atoms with E-state index in [4.69, 9.17) is 4.74 Å². The summed E-state index contributed by atoms with van der Waals surface area (Å²) in [5.74, 6) is -0.562. The summed E-state index contributed by atoms with van der Waals surface area (Å²) in [5, 5.41) is 5.13. The molecule has 0 unspecified atom stereocenters. The molecule has 0 atom stereocenters. The minimum atomic E-state index is -0.562. The van der Waals surface area contributed by atoms with Crippen LogP contribution in [0.5, 0.6) is 0 Å². The molecule has 6 heteroatoms. The summed E-state index contributed by atoms with van der Waals surface area (Å²) >= 11 is 0. The van der Waals surface area contributed by atoms with Crippen LogP contribution in [0.2, 0.25) is 0 Å². The summed E-state index contributed by atoms with van der Waals surface area (Å²) in [6.07, 6.45) is 2.25. The SMILES string of the molecule is COC(=O)c1nn(CCc2ccccn2)c(=O)c2ccccc12. The molecule has 6 nitrogen and oxygen atoms in total. The van der Waals surface area contributed by atoms with Crippen LogP contribution >= 0.6 is 0 Å². The molecular formula is C17H15N3O3. The Bertz CT molecular complexity index is 904. The van der Waals surface area contributed by atoms with Gasteiger partial charge in [-0.15, -0.1) is 0 Å². The molecule has 0 fully saturated rings. The summed E-state index contributed by atoms with van der Waals surface area (Å²) in [5.41, 5.74) is 0.766. The van der Waals surface area contributed by atoms with Crippen molar-refractivity contribution in [2.45, 2.75) is 13.0 Å². The fraction of sp³-hybridized carbons (Fsp3) is 0.176. The number of pyridine rings is 1. The number of ether oxygens (including phenoxy) is 1. The number of fused-ring (bicyclic) bond motifs is 1. The molecule has 0 saturated carbocycles. The van der Waals surface area contributed by atoms with Gasteiger partial charge in [0.2, 0.25) is 0 Å². The maximum absolute atomic E-state index is 12.5. The lowest BCUT2D eigenvalue weighted by atomic mass is 10.1. The molecule has 23 heavy (non-hydrogen) atoms. The number of aromatic nitrogens is 3. The Kier molecular flexibility index (Phi) is 4.14. The van der Waals surface area contributed by atoms with Crippen LogP contribution in [-0.4, -0.2) is 27.8 Å². The molecule has 3 aromatic rings. The highest BCUT2D eigenvalue weighted by molar-refractivity contribution is 6.01. The van der Waals surface area contributed by atoms with E-state index in [0.29, 0.717) is 23.7 Å². The molecule has 0 spiro atoms. The van der Waals surface area contributed by atoms with Crippen LogP contribution in [0.25, 0.3) is 10.8 Å². The normalized spacial score (nSPS) is 10.7. The molecule has 0 aliphatic rings. The van der Waals surface area contributed by atoms with Crippen molar-refractivity contribution in [2.75, 3.05) is 7.11 Å². The molecule has 2 aromatic heterocycles. The van der Waals surface area contributed by atoms with Gasteiger partial charge >= 0.3 is 5.97 Å². The minimum absolute atomic E-state index is 0.142. The summed E-state index contributed by atoms with van der Waals surface area (Å²) in [7, 11) is 1.29. The quantitative estimate of drug-likeness (QED) is 0.687. The van der Waals surface area contributed by atoms with Gasteiger partial charge in [-0.2, -0.15) is 5.10 Å². The molecule has 0 aliphatic heterocycles. The lowest BCUT2D eigenvalue weighted by Crippen LogP contribution is -2.27. The number of hydrogen-bond acceptors (Lipinski definition) is 5. The molecule has 116 valence electrons. The molecular weight excluding hydrogens is 294 g/mol. The first-order valence-electron chi connectivity index (χ1n) is 7.19. The van der Waals surface area contributed by atoms with Crippen molar-refractivity contribution >= 4 is 16.7 Å². The number of carbonyl (C=O) groups is 1. The molecule has 3 rings (SSSR count). The average molecular weight is 309 g/mol. The maximum Gasteiger partial charge on any atom is 0.359 e. The van der Waals surface area contributed by atoms with Crippen LogP contribution in [0, 0.1) is 0 Å². The van der Waals surface area contributed by atoms with E-state index >= 15 is 0 Å². The van der Waals surface area contributed by atoms with Crippen molar-refractivity contribution in [3.63, 3.8) is 0 Å². The van der Waals surface area contributed by atoms with Gasteiger partial charge in [0.25, 0.3) is 5.56 Å². The van der Waals surface area contributed by atoms with Crippen molar-refractivity contribution < 1.29 is 9.53 Å². The highest BCUT2D eigenvalue weighted by Gasteiger charge is 2.16. The van der Waals surface area contributed by atoms with Gasteiger partial charge in [-0.3, -0.25) is 9.78 Å². The first-order valence-corrected chi connectivity index (χ1v) is 7.19. The molecule has 0 aliphatic carbocycles. The third-order valence-corrected chi connectivity index (χ3v) is 3.55. The van der Waals surface area contributed by atoms with Crippen molar-refractivity contribution in [3.05, 3.63) is 70.4 Å². The number of methoxy groups -OCH3 is 1. The second-order valence-electron chi connectivity index (χ2n) is 4.99. The first-order chi connectivity index (χ1) is 11.2. The van der Waals surface area contributed by atoms with E-state index in [0.717, 1.165) is 5.69 Å². The maximum atomic E-state index is 12.5. The van der Waals surface area contributed by atoms with Crippen LogP contribution in [0.1, 0.15) is 16.2 Å². The van der Waals surface area contributed by atoms with Crippen molar-refractivity contribution in [2.24, 2.45) is 0 Å². The molecule has 1 aromatic carbocycles. The van der Waals surface area contributed by atoms with Gasteiger partial charge < -0.3 is 4.74 Å². The fourth-order valence-electron chi connectivity index (χ4n) is 2.40. The lowest BCUT2D eigenvalue weighted by Gasteiger charge is -2.09. The predicted molar refractivity (Wildman–Crippen MR) is 85.3 cm³/mol. The summed E-state index contributed by atoms with van der Waals surface area (Å²) in [4.78, 5) is 28.7. The Balaban J connectivity index is 2.05. The molecule has 0 saturated heterocycles. The molecule has 0 N–H and O–H groups in total. The van der Waals surface area contributed by atoms with Gasteiger partial charge in [-0.1, -0.05) is 24.3 Å². The lowest BCUT2D eigenvalue weighted by molar-refractivity contribution is 0.0593. The third-order valence-electron chi connectivity index (χ3n) is 3.55. The topological polar surface area (TPSA) is 74.1 Å². The number of carbonyl (C=O) groups excluding carboxylic acids is 1. The van der Waals surface area contributed by atoms with Crippen LogP contribution in [0.4, 0.5) is 0 Å². The van der Waals surface area contributed by atoms with Crippen LogP contribution in [0.15, 0.2) is 53.5 Å². The number of aryl methyl sites for hydroxylation is 2. The first kappa shape index (κ1) is 14.9. The van der Waals surface area contributed by atoms with E-state index in [1.54, 1.807) is 30.5 Å². The Morgan fingerprint density at radius 3 is 2.57 bits per heavy atom. The third kappa shape index (κ3) is 2.96. The van der Waals surface area contributed by atoms with E-state index in [1.807, 2.05) is 18.2 Å². The zero-order chi connectivity index (χ0) is 16.2. The van der Waals surface area contributed by atoms with Gasteiger partial charge in [0.05, 0.1) is 19.0 Å². The van der Waals surface area contributed by atoms with Crippen molar-refractivity contribution in [1.29, 1.82) is 0 Å². The van der Waals surface area contributed by atoms with E-state index in [1.165, 1.54) is 11.8 Å². The Hall–Kier alpha value is -3.02. The van der Waals surface area contributed by atoms with Gasteiger partial charge in [0.15, 0.2) is 5.69 Å². The Labute approximate surface area is 132 Å². The number of benzene rings is 1. The second kappa shape index (κ2) is 6.39. The molecule has 0 amide bonds. The second-order valence-corrected chi connectivity index (χ2v) is 4.99. The van der Waals surface area contributed by atoms with Gasteiger partial charge in [0, 0.05) is 23.7 Å². The van der Waals surface area contributed by atoms with E-state index in [9.17, 15) is 9.59 Å². The van der Waals surface area contributed by atoms with Crippen LogP contribution < -0.4 is 5.56 Å². The largest absolute Gasteiger partial charge is 0.464 e. The van der Waals surface area contributed by atoms with E-state index < -0.39 is 5.97 Å². The monoisotopic (exact) mass is 309 g/mol. The number of rotatable bonds is 4. The number of esters is 1. The number of hydrogen-bond donors (Lipinski definition) is 0. The van der Waals surface area contributed by atoms with Gasteiger partial charge in [-0.05, 0) is 18.2 Å². The predicted octanol–water partition coefficient (Wildman–Crippen LogP) is 1.82. The smallest absolute Gasteiger partial charge is 0.359 e. The summed E-state index contributed by atoms with van der Waals surface area (Å²) in [6, 6.07) is 12.5. The molecule has 0 radical (unpaired) electrons. The highest BCUT2D eigenvalue weighted by Crippen LogP contribution is 2.14. The molecule has 2 heterocycles. The highest BCUT2D eigenvalue weighted by atomic mass is 16.5. The molecule has 0 bridgehead atoms. The van der Waals surface area contributed by atoms with E-state index in [2.05, 4.69) is 10.1 Å². The van der Waals surface area contributed by atoms with Crippen LogP contribution in [-0.2, 0) is 17.7 Å². The van der Waals surface area contributed by atoms with E-state index in [-0.39, 0.29) is 11.3 Å².